The van der Waals surface area contributed by atoms with Gasteiger partial charge in [-0.2, -0.15) is 5.10 Å². The molecule has 0 fully saturated rings. The minimum absolute atomic E-state index is 0.0239. The zero-order chi connectivity index (χ0) is 19.7. The van der Waals surface area contributed by atoms with Gasteiger partial charge in [0.1, 0.15) is 10.6 Å². The van der Waals surface area contributed by atoms with E-state index >= 15 is 0 Å². The summed E-state index contributed by atoms with van der Waals surface area (Å²) in [5, 5.41) is 6.63. The lowest BCUT2D eigenvalue weighted by molar-refractivity contribution is -0.118. The molecule has 1 aliphatic heterocycles. The number of halogens is 1. The normalized spacial score (nSPS) is 13.5. The predicted octanol–water partition coefficient (Wildman–Crippen LogP) is 1.73. The second-order valence-electron chi connectivity index (χ2n) is 5.92. The second kappa shape index (κ2) is 7.23. The Morgan fingerprint density at radius 1 is 1.32 bits per heavy atom. The summed E-state index contributed by atoms with van der Waals surface area (Å²) in [6, 6.07) is 7.90. The van der Waals surface area contributed by atoms with Crippen LogP contribution in [-0.2, 0) is 21.4 Å². The van der Waals surface area contributed by atoms with Crippen LogP contribution in [0.25, 0.3) is 5.82 Å². The average Bonchev–Trinajstić information content (AvgIpc) is 3.21. The van der Waals surface area contributed by atoms with Crippen molar-refractivity contribution in [2.24, 2.45) is 0 Å². The molecule has 2 aromatic heterocycles. The first-order chi connectivity index (χ1) is 13.4. The maximum atomic E-state index is 12.7. The van der Waals surface area contributed by atoms with Crippen LogP contribution in [-0.4, -0.2) is 35.7 Å². The van der Waals surface area contributed by atoms with Crippen LogP contribution in [0.2, 0.25) is 5.02 Å². The molecular formula is C17H14ClN5O4S. The van der Waals surface area contributed by atoms with E-state index in [1.807, 2.05) is 0 Å². The van der Waals surface area contributed by atoms with Crippen LogP contribution >= 0.6 is 11.6 Å². The number of nitrogens with one attached hydrogen (secondary N) is 2. The Morgan fingerprint density at radius 3 is 2.89 bits per heavy atom. The third-order valence-electron chi connectivity index (χ3n) is 3.97. The van der Waals surface area contributed by atoms with E-state index in [2.05, 4.69) is 20.1 Å². The standard InChI is InChI=1S/C17H14ClN5O4S/c18-12-6-13-14(27-10-17(24)22-13)7-15(12)28(25,26)21-9-11-2-3-16(19-8-11)23-5-1-4-20-23/h1-8,21H,9-10H2,(H,22,24). The van der Waals surface area contributed by atoms with E-state index in [1.54, 1.807) is 41.5 Å². The third-order valence-corrected chi connectivity index (χ3v) is 5.84. The number of nitrogens with zero attached hydrogens (tertiary/aromatic N) is 3. The van der Waals surface area contributed by atoms with Crippen LogP contribution in [0.1, 0.15) is 5.56 Å². The Balaban J connectivity index is 1.51. The zero-order valence-electron chi connectivity index (χ0n) is 14.3. The van der Waals surface area contributed by atoms with Gasteiger partial charge in [-0.3, -0.25) is 4.79 Å². The molecule has 0 saturated carbocycles. The molecule has 3 aromatic rings. The molecule has 0 aliphatic carbocycles. The van der Waals surface area contributed by atoms with Crippen LogP contribution in [0.4, 0.5) is 5.69 Å². The molecule has 0 atom stereocenters. The number of amides is 1. The number of sulfonamides is 1. The highest BCUT2D eigenvalue weighted by Crippen LogP contribution is 2.35. The first-order valence-electron chi connectivity index (χ1n) is 8.13. The lowest BCUT2D eigenvalue weighted by Crippen LogP contribution is -2.27. The summed E-state index contributed by atoms with van der Waals surface area (Å²) >= 11 is 6.10. The van der Waals surface area contributed by atoms with Crippen molar-refractivity contribution < 1.29 is 17.9 Å². The number of ether oxygens (including phenoxy) is 1. The number of rotatable bonds is 5. The van der Waals surface area contributed by atoms with Gasteiger partial charge in [0.2, 0.25) is 10.0 Å². The SMILES string of the molecule is O=C1COc2cc(S(=O)(=O)NCc3ccc(-n4cccn4)nc3)c(Cl)cc2N1. The Hall–Kier alpha value is -2.95. The predicted molar refractivity (Wildman–Crippen MR) is 101 cm³/mol. The number of aromatic nitrogens is 3. The molecule has 144 valence electrons. The van der Waals surface area contributed by atoms with Gasteiger partial charge in [0, 0.05) is 31.2 Å². The van der Waals surface area contributed by atoms with Crippen LogP contribution in [0.5, 0.6) is 5.75 Å². The molecule has 0 bridgehead atoms. The molecule has 11 heteroatoms. The largest absolute Gasteiger partial charge is 0.482 e. The smallest absolute Gasteiger partial charge is 0.262 e. The molecule has 0 saturated heterocycles. The number of benzene rings is 1. The number of carbonyl (C=O) groups is 1. The van der Waals surface area contributed by atoms with Crippen molar-refractivity contribution in [1.29, 1.82) is 0 Å². The Morgan fingerprint density at radius 2 is 2.18 bits per heavy atom. The molecule has 4 rings (SSSR count). The molecule has 0 spiro atoms. The lowest BCUT2D eigenvalue weighted by Gasteiger charge is -2.19. The molecule has 1 amide bonds. The number of hydrogen-bond acceptors (Lipinski definition) is 6. The van der Waals surface area contributed by atoms with Crippen molar-refractivity contribution >= 4 is 33.2 Å². The number of hydrogen-bond donors (Lipinski definition) is 2. The molecule has 1 aromatic carbocycles. The van der Waals surface area contributed by atoms with E-state index in [-0.39, 0.29) is 34.7 Å². The molecule has 0 unspecified atom stereocenters. The summed E-state index contributed by atoms with van der Waals surface area (Å²) in [6.45, 7) is -0.157. The maximum Gasteiger partial charge on any atom is 0.262 e. The third kappa shape index (κ3) is 3.70. The second-order valence-corrected chi connectivity index (χ2v) is 8.06. The topological polar surface area (TPSA) is 115 Å². The zero-order valence-corrected chi connectivity index (χ0v) is 15.9. The Labute approximate surface area is 165 Å². The fraction of sp³-hybridized carbons (Fsp3) is 0.118. The number of carbonyl (C=O) groups excluding carboxylic acids is 1. The van der Waals surface area contributed by atoms with Gasteiger partial charge in [0.15, 0.2) is 12.4 Å². The first kappa shape index (κ1) is 18.4. The monoisotopic (exact) mass is 419 g/mol. The highest BCUT2D eigenvalue weighted by molar-refractivity contribution is 7.89. The van der Waals surface area contributed by atoms with Crippen LogP contribution in [0.3, 0.4) is 0 Å². The minimum Gasteiger partial charge on any atom is -0.482 e. The van der Waals surface area contributed by atoms with Gasteiger partial charge in [0.05, 0.1) is 10.7 Å². The summed E-state index contributed by atoms with van der Waals surface area (Å²) in [4.78, 5) is 15.5. The van der Waals surface area contributed by atoms with Gasteiger partial charge >= 0.3 is 0 Å². The van der Waals surface area contributed by atoms with Crippen molar-refractivity contribution in [2.45, 2.75) is 11.4 Å². The summed E-state index contributed by atoms with van der Waals surface area (Å²) < 4.78 is 34.7. The maximum absolute atomic E-state index is 12.7. The fourth-order valence-electron chi connectivity index (χ4n) is 2.60. The van der Waals surface area contributed by atoms with Crippen LogP contribution in [0, 0.1) is 0 Å². The molecule has 9 nitrogen and oxygen atoms in total. The summed E-state index contributed by atoms with van der Waals surface area (Å²) in [7, 11) is -3.91. The molecule has 28 heavy (non-hydrogen) atoms. The van der Waals surface area contributed by atoms with E-state index in [0.29, 0.717) is 17.1 Å². The van der Waals surface area contributed by atoms with Gasteiger partial charge < -0.3 is 10.1 Å². The summed E-state index contributed by atoms with van der Waals surface area (Å²) in [6.07, 6.45) is 4.96. The van der Waals surface area contributed by atoms with Crippen molar-refractivity contribution in [3.8, 4) is 11.6 Å². The van der Waals surface area contributed by atoms with E-state index in [0.717, 1.165) is 0 Å². The van der Waals surface area contributed by atoms with Crippen molar-refractivity contribution in [1.82, 2.24) is 19.5 Å². The van der Waals surface area contributed by atoms with Crippen LogP contribution < -0.4 is 14.8 Å². The van der Waals surface area contributed by atoms with Gasteiger partial charge in [-0.05, 0) is 23.8 Å². The molecule has 3 heterocycles. The highest BCUT2D eigenvalue weighted by Gasteiger charge is 2.24. The van der Waals surface area contributed by atoms with E-state index in [9.17, 15) is 13.2 Å². The molecular weight excluding hydrogens is 406 g/mol. The Kier molecular flexibility index (Phi) is 4.75. The Bertz CT molecular complexity index is 1130. The van der Waals surface area contributed by atoms with Gasteiger partial charge in [0.25, 0.3) is 5.91 Å². The summed E-state index contributed by atoms with van der Waals surface area (Å²) in [5.74, 6) is 0.534. The van der Waals surface area contributed by atoms with E-state index in [1.165, 1.54) is 12.1 Å². The summed E-state index contributed by atoms with van der Waals surface area (Å²) in [5.41, 5.74) is 0.996. The minimum atomic E-state index is -3.91. The van der Waals surface area contributed by atoms with Gasteiger partial charge in [-0.15, -0.1) is 0 Å². The molecule has 1 aliphatic rings. The number of anilines is 1. The first-order valence-corrected chi connectivity index (χ1v) is 9.99. The highest BCUT2D eigenvalue weighted by atomic mass is 35.5. The molecule has 0 radical (unpaired) electrons. The van der Waals surface area contributed by atoms with Crippen molar-refractivity contribution in [2.75, 3.05) is 11.9 Å². The molecule has 2 N–H and O–H groups in total. The number of fused-ring (bicyclic) bond motifs is 1. The van der Waals surface area contributed by atoms with E-state index in [4.69, 9.17) is 16.3 Å². The fourth-order valence-corrected chi connectivity index (χ4v) is 4.16. The van der Waals surface area contributed by atoms with Crippen molar-refractivity contribution in [3.05, 3.63) is 59.5 Å². The van der Waals surface area contributed by atoms with E-state index < -0.39 is 10.0 Å². The van der Waals surface area contributed by atoms with Gasteiger partial charge in [-0.25, -0.2) is 22.8 Å². The van der Waals surface area contributed by atoms with Crippen LogP contribution in [0.15, 0.2) is 53.8 Å². The lowest BCUT2D eigenvalue weighted by atomic mass is 10.2. The average molecular weight is 420 g/mol. The van der Waals surface area contributed by atoms with Crippen molar-refractivity contribution in [3.63, 3.8) is 0 Å². The van der Waals surface area contributed by atoms with Gasteiger partial charge in [-0.1, -0.05) is 17.7 Å². The quantitative estimate of drug-likeness (QED) is 0.650. The number of pyridine rings is 1.